The zero-order valence-electron chi connectivity index (χ0n) is 15.5. The van der Waals surface area contributed by atoms with Crippen molar-refractivity contribution in [1.29, 1.82) is 0 Å². The number of hydrogen-bond acceptors (Lipinski definition) is 6. The highest BCUT2D eigenvalue weighted by atomic mass is 16.5. The number of ether oxygens (including phenoxy) is 1. The molecule has 0 amide bonds. The van der Waals surface area contributed by atoms with Crippen LogP contribution in [0.15, 0.2) is 76.1 Å². The summed E-state index contributed by atoms with van der Waals surface area (Å²) in [5.74, 6) is -0.170. The summed E-state index contributed by atoms with van der Waals surface area (Å²) in [4.78, 5) is 40.0. The molecular formula is C22H16N2O5. The number of carbonyl (C=O) groups is 2. The van der Waals surface area contributed by atoms with Gasteiger partial charge in [-0.3, -0.25) is 14.0 Å². The van der Waals surface area contributed by atoms with Gasteiger partial charge in [0.25, 0.3) is 5.56 Å². The third-order valence-electron chi connectivity index (χ3n) is 4.36. The molecule has 0 saturated heterocycles. The molecule has 0 fully saturated rings. The van der Waals surface area contributed by atoms with Crippen molar-refractivity contribution in [2.45, 2.75) is 13.5 Å². The molecular weight excluding hydrogens is 372 g/mol. The summed E-state index contributed by atoms with van der Waals surface area (Å²) >= 11 is 0. The number of carbonyl (C=O) groups excluding carboxylic acids is 2. The van der Waals surface area contributed by atoms with Gasteiger partial charge < -0.3 is 9.15 Å². The maximum atomic E-state index is 12.3. The van der Waals surface area contributed by atoms with Crippen LogP contribution in [0.4, 0.5) is 0 Å². The second kappa shape index (κ2) is 7.55. The molecule has 0 spiro atoms. The van der Waals surface area contributed by atoms with Gasteiger partial charge in [-0.05, 0) is 31.2 Å². The SMILES string of the molecule is CC(=O)c1ccc(-c2ccc(C(=O)OCc3cc(=O)n4ccccc4n3)o2)cc1. The van der Waals surface area contributed by atoms with E-state index in [4.69, 9.17) is 9.15 Å². The third kappa shape index (κ3) is 3.84. The summed E-state index contributed by atoms with van der Waals surface area (Å²) in [6.45, 7) is 1.34. The highest BCUT2D eigenvalue weighted by Crippen LogP contribution is 2.23. The molecule has 0 aliphatic carbocycles. The molecule has 0 unspecified atom stereocenters. The van der Waals surface area contributed by atoms with Crippen molar-refractivity contribution in [2.24, 2.45) is 0 Å². The average molecular weight is 388 g/mol. The van der Waals surface area contributed by atoms with E-state index in [0.717, 1.165) is 5.56 Å². The first kappa shape index (κ1) is 18.4. The van der Waals surface area contributed by atoms with Gasteiger partial charge in [0, 0.05) is 23.4 Å². The summed E-state index contributed by atoms with van der Waals surface area (Å²) in [5, 5.41) is 0. The Labute approximate surface area is 165 Å². The molecule has 7 nitrogen and oxygen atoms in total. The molecule has 29 heavy (non-hydrogen) atoms. The van der Waals surface area contributed by atoms with Crippen LogP contribution in [0.2, 0.25) is 0 Å². The minimum atomic E-state index is -0.660. The van der Waals surface area contributed by atoms with E-state index in [1.165, 1.54) is 23.5 Å². The van der Waals surface area contributed by atoms with E-state index in [1.807, 2.05) is 0 Å². The van der Waals surface area contributed by atoms with E-state index in [9.17, 15) is 14.4 Å². The Morgan fingerprint density at radius 3 is 2.62 bits per heavy atom. The number of furan rings is 1. The van der Waals surface area contributed by atoms with E-state index in [2.05, 4.69) is 4.98 Å². The zero-order chi connectivity index (χ0) is 20.4. The Morgan fingerprint density at radius 1 is 1.07 bits per heavy atom. The number of aromatic nitrogens is 2. The number of esters is 1. The summed E-state index contributed by atoms with van der Waals surface area (Å²) < 4.78 is 12.2. The Hall–Kier alpha value is -4.00. The van der Waals surface area contributed by atoms with Gasteiger partial charge in [-0.15, -0.1) is 0 Å². The second-order valence-corrected chi connectivity index (χ2v) is 6.39. The number of fused-ring (bicyclic) bond motifs is 1. The lowest BCUT2D eigenvalue weighted by atomic mass is 10.1. The highest BCUT2D eigenvalue weighted by molar-refractivity contribution is 5.94. The summed E-state index contributed by atoms with van der Waals surface area (Å²) in [6, 6.07) is 16.6. The van der Waals surface area contributed by atoms with Gasteiger partial charge in [0.05, 0.1) is 5.69 Å². The van der Waals surface area contributed by atoms with E-state index in [0.29, 0.717) is 22.7 Å². The second-order valence-electron chi connectivity index (χ2n) is 6.39. The normalized spacial score (nSPS) is 10.8. The van der Waals surface area contributed by atoms with Gasteiger partial charge in [-0.25, -0.2) is 9.78 Å². The van der Waals surface area contributed by atoms with Crippen molar-refractivity contribution in [1.82, 2.24) is 9.38 Å². The molecule has 0 saturated carbocycles. The van der Waals surface area contributed by atoms with E-state index in [-0.39, 0.29) is 23.7 Å². The average Bonchev–Trinajstić information content (AvgIpc) is 3.22. The third-order valence-corrected chi connectivity index (χ3v) is 4.36. The fraction of sp³-hybridized carbons (Fsp3) is 0.0909. The van der Waals surface area contributed by atoms with Crippen LogP contribution in [0.5, 0.6) is 0 Å². The van der Waals surface area contributed by atoms with Crippen molar-refractivity contribution in [3.63, 3.8) is 0 Å². The number of benzene rings is 1. The lowest BCUT2D eigenvalue weighted by molar-refractivity contribution is 0.0432. The van der Waals surface area contributed by atoms with Crippen LogP contribution < -0.4 is 5.56 Å². The predicted molar refractivity (Wildman–Crippen MR) is 105 cm³/mol. The Balaban J connectivity index is 1.47. The Morgan fingerprint density at radius 2 is 1.86 bits per heavy atom. The van der Waals surface area contributed by atoms with Gasteiger partial charge in [0.15, 0.2) is 5.78 Å². The minimum Gasteiger partial charge on any atom is -0.453 e. The number of ketones is 1. The van der Waals surface area contributed by atoms with Gasteiger partial charge in [-0.2, -0.15) is 0 Å². The van der Waals surface area contributed by atoms with E-state index in [1.54, 1.807) is 54.7 Å². The Kier molecular flexibility index (Phi) is 4.78. The van der Waals surface area contributed by atoms with Crippen LogP contribution in [0.25, 0.3) is 17.0 Å². The highest BCUT2D eigenvalue weighted by Gasteiger charge is 2.15. The van der Waals surface area contributed by atoms with Crippen LogP contribution in [0.1, 0.15) is 33.5 Å². The number of rotatable bonds is 5. The molecule has 3 heterocycles. The quantitative estimate of drug-likeness (QED) is 0.384. The monoisotopic (exact) mass is 388 g/mol. The zero-order valence-corrected chi connectivity index (χ0v) is 15.5. The molecule has 4 aromatic rings. The summed E-state index contributed by atoms with van der Waals surface area (Å²) in [7, 11) is 0. The minimum absolute atomic E-state index is 0.0257. The molecule has 7 heteroatoms. The lowest BCUT2D eigenvalue weighted by Crippen LogP contribution is -2.16. The first-order chi connectivity index (χ1) is 14.0. The largest absolute Gasteiger partial charge is 0.453 e. The predicted octanol–water partition coefficient (Wildman–Crippen LogP) is 3.51. The topological polar surface area (TPSA) is 90.9 Å². The number of Topliss-reactive ketones (excluding diaryl/α,β-unsaturated/α-hetero) is 1. The molecule has 0 N–H and O–H groups in total. The van der Waals surface area contributed by atoms with Crippen LogP contribution in [-0.2, 0) is 11.3 Å². The lowest BCUT2D eigenvalue weighted by Gasteiger charge is -2.05. The number of pyridine rings is 1. The summed E-state index contributed by atoms with van der Waals surface area (Å²) in [6.07, 6.45) is 1.62. The van der Waals surface area contributed by atoms with Gasteiger partial charge in [0.1, 0.15) is 18.0 Å². The molecule has 0 aliphatic rings. The molecule has 3 aromatic heterocycles. The van der Waals surface area contributed by atoms with Gasteiger partial charge in [-0.1, -0.05) is 30.3 Å². The van der Waals surface area contributed by atoms with Crippen LogP contribution >= 0.6 is 0 Å². The van der Waals surface area contributed by atoms with Crippen LogP contribution in [0.3, 0.4) is 0 Å². The molecule has 1 aromatic carbocycles. The van der Waals surface area contributed by atoms with Crippen LogP contribution in [-0.4, -0.2) is 21.1 Å². The molecule has 4 rings (SSSR count). The molecule has 0 aliphatic heterocycles. The maximum Gasteiger partial charge on any atom is 0.374 e. The number of hydrogen-bond donors (Lipinski definition) is 0. The Bertz CT molecular complexity index is 1270. The molecule has 144 valence electrons. The fourth-order valence-electron chi connectivity index (χ4n) is 2.86. The first-order valence-electron chi connectivity index (χ1n) is 8.87. The van der Waals surface area contributed by atoms with Crippen molar-refractivity contribution in [3.05, 3.63) is 94.2 Å². The maximum absolute atomic E-state index is 12.3. The van der Waals surface area contributed by atoms with Gasteiger partial charge >= 0.3 is 5.97 Å². The number of nitrogens with zero attached hydrogens (tertiary/aromatic N) is 2. The molecule has 0 radical (unpaired) electrons. The van der Waals surface area contributed by atoms with E-state index < -0.39 is 5.97 Å². The first-order valence-corrected chi connectivity index (χ1v) is 8.87. The van der Waals surface area contributed by atoms with Crippen LogP contribution in [0, 0.1) is 0 Å². The van der Waals surface area contributed by atoms with Crippen molar-refractivity contribution in [3.8, 4) is 11.3 Å². The van der Waals surface area contributed by atoms with Crippen molar-refractivity contribution >= 4 is 17.4 Å². The van der Waals surface area contributed by atoms with Gasteiger partial charge in [0.2, 0.25) is 5.76 Å². The fourth-order valence-corrected chi connectivity index (χ4v) is 2.86. The standard InChI is InChI=1S/C22H16N2O5/c1-14(25)15-5-7-16(8-6-15)18-9-10-19(29-18)22(27)28-13-17-12-21(26)24-11-3-2-4-20(24)23-17/h2-12H,13H2,1H3. The summed E-state index contributed by atoms with van der Waals surface area (Å²) in [5.41, 5.74) is 1.90. The smallest absolute Gasteiger partial charge is 0.374 e. The molecule has 0 atom stereocenters. The van der Waals surface area contributed by atoms with Crippen molar-refractivity contribution < 1.29 is 18.7 Å². The molecule has 0 bridgehead atoms. The van der Waals surface area contributed by atoms with Crippen molar-refractivity contribution in [2.75, 3.05) is 0 Å². The van der Waals surface area contributed by atoms with E-state index >= 15 is 0 Å².